The van der Waals surface area contributed by atoms with E-state index in [9.17, 15) is 13.2 Å². The molecule has 1 nitrogen and oxygen atoms in total. The molecule has 2 rings (SSSR count). The van der Waals surface area contributed by atoms with Gasteiger partial charge in [-0.2, -0.15) is 24.5 Å². The number of anilines is 1. The van der Waals surface area contributed by atoms with E-state index in [0.29, 0.717) is 12.2 Å². The number of nitrogens with one attached hydrogen (secondary N) is 1. The Labute approximate surface area is 111 Å². The number of thioether (sulfide) groups is 1. The first-order valence-electron chi connectivity index (χ1n) is 5.14. The van der Waals surface area contributed by atoms with Crippen molar-refractivity contribution in [3.63, 3.8) is 0 Å². The second-order valence-electron chi connectivity index (χ2n) is 3.53. The summed E-state index contributed by atoms with van der Waals surface area (Å²) in [6.07, 6.45) is 0. The molecule has 0 spiro atoms. The van der Waals surface area contributed by atoms with Crippen LogP contribution in [0.4, 0.5) is 18.9 Å². The molecular weight excluding hydrogens is 279 g/mol. The summed E-state index contributed by atoms with van der Waals surface area (Å²) >= 11 is 1.47. The zero-order chi connectivity index (χ0) is 13.0. The van der Waals surface area contributed by atoms with E-state index in [4.69, 9.17) is 0 Å². The van der Waals surface area contributed by atoms with Crippen molar-refractivity contribution >= 4 is 28.8 Å². The fraction of sp³-hybridized carbons (Fsp3) is 0.167. The molecule has 0 bridgehead atoms. The van der Waals surface area contributed by atoms with Gasteiger partial charge in [0.25, 0.3) is 0 Å². The molecule has 0 fully saturated rings. The molecule has 1 aromatic carbocycles. The van der Waals surface area contributed by atoms with Gasteiger partial charge in [-0.15, -0.1) is 0 Å². The van der Waals surface area contributed by atoms with Crippen LogP contribution in [0.2, 0.25) is 0 Å². The molecule has 2 aromatic rings. The summed E-state index contributed by atoms with van der Waals surface area (Å²) in [5.41, 5.74) is -2.70. The van der Waals surface area contributed by atoms with Crippen LogP contribution in [0.5, 0.6) is 0 Å². The Balaban J connectivity index is 2.07. The normalized spacial score (nSPS) is 11.5. The van der Waals surface area contributed by atoms with Gasteiger partial charge in [-0.1, -0.05) is 12.1 Å². The van der Waals surface area contributed by atoms with Gasteiger partial charge in [0.05, 0.1) is 0 Å². The summed E-state index contributed by atoms with van der Waals surface area (Å²) in [5.74, 6) is 0. The number of para-hydroxylation sites is 1. The first kappa shape index (κ1) is 13.3. The molecule has 0 aliphatic heterocycles. The van der Waals surface area contributed by atoms with Gasteiger partial charge in [-0.25, -0.2) is 0 Å². The first-order chi connectivity index (χ1) is 8.54. The minimum absolute atomic E-state index is 0.0953. The Morgan fingerprint density at radius 1 is 1.17 bits per heavy atom. The topological polar surface area (TPSA) is 12.0 Å². The zero-order valence-corrected chi connectivity index (χ0v) is 10.8. The van der Waals surface area contributed by atoms with Crippen molar-refractivity contribution in [1.82, 2.24) is 0 Å². The molecule has 0 aliphatic rings. The van der Waals surface area contributed by atoms with Crippen LogP contribution in [-0.2, 0) is 6.54 Å². The van der Waals surface area contributed by atoms with Crippen LogP contribution in [0.3, 0.4) is 0 Å². The lowest BCUT2D eigenvalue weighted by molar-refractivity contribution is -0.0327. The Kier molecular flexibility index (Phi) is 4.19. The van der Waals surface area contributed by atoms with E-state index in [-0.39, 0.29) is 16.7 Å². The van der Waals surface area contributed by atoms with Gasteiger partial charge in [0.2, 0.25) is 0 Å². The molecule has 0 aliphatic carbocycles. The number of hydrogen-bond donors (Lipinski definition) is 1. The van der Waals surface area contributed by atoms with Crippen LogP contribution in [0.15, 0.2) is 46.0 Å². The van der Waals surface area contributed by atoms with Crippen molar-refractivity contribution in [1.29, 1.82) is 0 Å². The maximum Gasteiger partial charge on any atom is 0.446 e. The molecule has 6 heteroatoms. The lowest BCUT2D eigenvalue weighted by Crippen LogP contribution is -2.03. The average molecular weight is 289 g/mol. The number of thiophene rings is 1. The minimum Gasteiger partial charge on any atom is -0.380 e. The standard InChI is InChI=1S/C12H10F3NS2/c13-12(14,15)18-11-4-2-1-3-10(11)16-7-9-5-6-17-8-9/h1-6,8,16H,7H2. The van der Waals surface area contributed by atoms with Gasteiger partial charge in [-0.05, 0) is 46.3 Å². The smallest absolute Gasteiger partial charge is 0.380 e. The first-order valence-corrected chi connectivity index (χ1v) is 6.90. The van der Waals surface area contributed by atoms with Gasteiger partial charge in [0.1, 0.15) is 0 Å². The van der Waals surface area contributed by atoms with Crippen LogP contribution in [0, 0.1) is 0 Å². The monoisotopic (exact) mass is 289 g/mol. The van der Waals surface area contributed by atoms with E-state index in [0.717, 1.165) is 5.56 Å². The molecule has 1 N–H and O–H groups in total. The largest absolute Gasteiger partial charge is 0.446 e. The molecular formula is C12H10F3NS2. The number of rotatable bonds is 4. The highest BCUT2D eigenvalue weighted by Crippen LogP contribution is 2.40. The van der Waals surface area contributed by atoms with Gasteiger partial charge < -0.3 is 5.32 Å². The molecule has 1 heterocycles. The van der Waals surface area contributed by atoms with E-state index in [1.54, 1.807) is 29.5 Å². The van der Waals surface area contributed by atoms with E-state index in [1.165, 1.54) is 6.07 Å². The van der Waals surface area contributed by atoms with Crippen LogP contribution >= 0.6 is 23.1 Å². The number of halogens is 3. The van der Waals surface area contributed by atoms with Gasteiger partial charge in [0, 0.05) is 17.1 Å². The third kappa shape index (κ3) is 3.96. The second-order valence-corrected chi connectivity index (χ2v) is 5.42. The molecule has 1 aromatic heterocycles. The molecule has 0 radical (unpaired) electrons. The van der Waals surface area contributed by atoms with E-state index in [2.05, 4.69) is 5.32 Å². The summed E-state index contributed by atoms with van der Waals surface area (Å²) in [5, 5.41) is 6.93. The van der Waals surface area contributed by atoms with Crippen molar-refractivity contribution in [2.24, 2.45) is 0 Å². The molecule has 96 valence electrons. The summed E-state index contributed by atoms with van der Waals surface area (Å²) in [4.78, 5) is 0.195. The van der Waals surface area contributed by atoms with Crippen LogP contribution in [-0.4, -0.2) is 5.51 Å². The minimum atomic E-state index is -4.26. The average Bonchev–Trinajstić information content (AvgIpc) is 2.79. The predicted octanol–water partition coefficient (Wildman–Crippen LogP) is 4.97. The van der Waals surface area contributed by atoms with Crippen molar-refractivity contribution in [3.8, 4) is 0 Å². The Morgan fingerprint density at radius 3 is 2.61 bits per heavy atom. The summed E-state index contributed by atoms with van der Waals surface area (Å²) in [6, 6.07) is 8.38. The van der Waals surface area contributed by atoms with E-state index < -0.39 is 5.51 Å². The summed E-state index contributed by atoms with van der Waals surface area (Å²) < 4.78 is 37.1. The predicted molar refractivity (Wildman–Crippen MR) is 70.0 cm³/mol. The zero-order valence-electron chi connectivity index (χ0n) is 9.20. The van der Waals surface area contributed by atoms with Crippen molar-refractivity contribution in [2.75, 3.05) is 5.32 Å². The van der Waals surface area contributed by atoms with Crippen LogP contribution in [0.1, 0.15) is 5.56 Å². The fourth-order valence-electron chi connectivity index (χ4n) is 1.42. The summed E-state index contributed by atoms with van der Waals surface area (Å²) in [6.45, 7) is 0.527. The van der Waals surface area contributed by atoms with Gasteiger partial charge in [-0.3, -0.25) is 0 Å². The maximum absolute atomic E-state index is 12.4. The molecule has 18 heavy (non-hydrogen) atoms. The third-order valence-corrected chi connectivity index (χ3v) is 3.72. The van der Waals surface area contributed by atoms with Crippen LogP contribution < -0.4 is 5.32 Å². The highest BCUT2D eigenvalue weighted by atomic mass is 32.2. The Bertz CT molecular complexity index is 494. The Morgan fingerprint density at radius 2 is 1.94 bits per heavy atom. The molecule has 0 atom stereocenters. The molecule has 0 saturated carbocycles. The van der Waals surface area contributed by atoms with E-state index in [1.807, 2.05) is 16.8 Å². The number of alkyl halides is 3. The second kappa shape index (κ2) is 5.67. The lowest BCUT2D eigenvalue weighted by atomic mass is 10.3. The number of hydrogen-bond acceptors (Lipinski definition) is 3. The molecule has 0 amide bonds. The fourth-order valence-corrected chi connectivity index (χ4v) is 2.73. The summed E-state index contributed by atoms with van der Waals surface area (Å²) in [7, 11) is 0. The van der Waals surface area contributed by atoms with Crippen molar-refractivity contribution in [3.05, 3.63) is 46.7 Å². The number of benzene rings is 1. The molecule has 0 saturated heterocycles. The molecule has 0 unspecified atom stereocenters. The lowest BCUT2D eigenvalue weighted by Gasteiger charge is -2.12. The van der Waals surface area contributed by atoms with Crippen LogP contribution in [0.25, 0.3) is 0 Å². The van der Waals surface area contributed by atoms with Crippen molar-refractivity contribution in [2.45, 2.75) is 16.9 Å². The highest BCUT2D eigenvalue weighted by Gasteiger charge is 2.30. The van der Waals surface area contributed by atoms with E-state index >= 15 is 0 Å². The third-order valence-electron chi connectivity index (χ3n) is 2.18. The quantitative estimate of drug-likeness (QED) is 0.797. The van der Waals surface area contributed by atoms with Gasteiger partial charge >= 0.3 is 5.51 Å². The van der Waals surface area contributed by atoms with Crippen molar-refractivity contribution < 1.29 is 13.2 Å². The Hall–Kier alpha value is -1.14. The SMILES string of the molecule is FC(F)(F)Sc1ccccc1NCc1ccsc1. The van der Waals surface area contributed by atoms with Gasteiger partial charge in [0.15, 0.2) is 0 Å². The maximum atomic E-state index is 12.4. The highest BCUT2D eigenvalue weighted by molar-refractivity contribution is 8.00.